The van der Waals surface area contributed by atoms with E-state index < -0.39 is 0 Å². The molecule has 1 saturated carbocycles. The smallest absolute Gasteiger partial charge is 0.0155 e. The summed E-state index contributed by atoms with van der Waals surface area (Å²) in [5.41, 5.74) is 6.13. The van der Waals surface area contributed by atoms with E-state index in [2.05, 4.69) is 12.6 Å². The van der Waals surface area contributed by atoms with Crippen molar-refractivity contribution in [2.24, 2.45) is 5.73 Å². The second-order valence-corrected chi connectivity index (χ2v) is 3.49. The maximum absolute atomic E-state index is 5.86. The fourth-order valence-electron chi connectivity index (χ4n) is 0.999. The molecule has 1 fully saturated rings. The van der Waals surface area contributed by atoms with Gasteiger partial charge in [0.1, 0.15) is 0 Å². The quantitative estimate of drug-likeness (QED) is 0.456. The summed E-state index contributed by atoms with van der Waals surface area (Å²) in [6, 6.07) is 0. The predicted octanol–water partition coefficient (Wildman–Crippen LogP) is 1.58. The Kier molecular flexibility index (Phi) is 2.42. The van der Waals surface area contributed by atoms with Gasteiger partial charge in [-0.25, -0.2) is 0 Å². The van der Waals surface area contributed by atoms with E-state index in [0.29, 0.717) is 0 Å². The first-order valence-electron chi connectivity index (χ1n) is 3.67. The van der Waals surface area contributed by atoms with E-state index in [1.165, 1.54) is 32.1 Å². The van der Waals surface area contributed by atoms with Crippen LogP contribution in [0, 0.1) is 0 Å². The molecule has 0 aromatic rings. The van der Waals surface area contributed by atoms with Gasteiger partial charge in [-0.15, -0.1) is 0 Å². The maximum atomic E-state index is 5.86. The summed E-state index contributed by atoms with van der Waals surface area (Å²) >= 11 is 4.13. The van der Waals surface area contributed by atoms with E-state index in [1.807, 2.05) is 0 Å². The van der Waals surface area contributed by atoms with Crippen LogP contribution in [-0.4, -0.2) is 11.3 Å². The van der Waals surface area contributed by atoms with Gasteiger partial charge in [0.2, 0.25) is 0 Å². The molecule has 1 rings (SSSR count). The van der Waals surface area contributed by atoms with Gasteiger partial charge in [0.25, 0.3) is 0 Å². The second-order valence-electron chi connectivity index (χ2n) is 3.04. The monoisotopic (exact) mass is 145 g/mol. The van der Waals surface area contributed by atoms with E-state index >= 15 is 0 Å². The Bertz CT molecular complexity index is 88.9. The third-order valence-electron chi connectivity index (χ3n) is 1.98. The highest BCUT2D eigenvalue weighted by molar-refractivity contribution is 7.80. The third kappa shape index (κ3) is 2.59. The minimum atomic E-state index is 0.267. The average Bonchev–Trinajstić information content (AvgIpc) is 2.50. The van der Waals surface area contributed by atoms with Gasteiger partial charge in [0.15, 0.2) is 0 Å². The fourth-order valence-corrected chi connectivity index (χ4v) is 1.22. The zero-order valence-corrected chi connectivity index (χ0v) is 6.66. The molecule has 0 amide bonds. The molecule has 0 aromatic heterocycles. The van der Waals surface area contributed by atoms with Gasteiger partial charge in [-0.3, -0.25) is 0 Å². The van der Waals surface area contributed by atoms with Gasteiger partial charge in [-0.05, 0) is 31.4 Å². The molecule has 0 aliphatic heterocycles. The van der Waals surface area contributed by atoms with Gasteiger partial charge in [-0.1, -0.05) is 6.42 Å². The summed E-state index contributed by atoms with van der Waals surface area (Å²) in [7, 11) is 0. The van der Waals surface area contributed by atoms with Crippen molar-refractivity contribution in [3.63, 3.8) is 0 Å². The number of hydrogen-bond acceptors (Lipinski definition) is 2. The van der Waals surface area contributed by atoms with Crippen LogP contribution in [0.2, 0.25) is 0 Å². The maximum Gasteiger partial charge on any atom is 0.0155 e. The highest BCUT2D eigenvalue weighted by Crippen LogP contribution is 2.36. The first-order chi connectivity index (χ1) is 4.27. The van der Waals surface area contributed by atoms with E-state index in [0.717, 1.165) is 5.75 Å². The number of nitrogens with two attached hydrogens (primary N) is 1. The second kappa shape index (κ2) is 2.93. The molecular weight excluding hydrogens is 130 g/mol. The van der Waals surface area contributed by atoms with Crippen molar-refractivity contribution in [2.75, 3.05) is 5.75 Å². The predicted molar refractivity (Wildman–Crippen MR) is 43.9 cm³/mol. The lowest BCUT2D eigenvalue weighted by Crippen LogP contribution is -2.20. The van der Waals surface area contributed by atoms with Crippen molar-refractivity contribution in [3.05, 3.63) is 0 Å². The van der Waals surface area contributed by atoms with Crippen molar-refractivity contribution >= 4 is 12.6 Å². The molecule has 1 aliphatic rings. The molecule has 0 saturated heterocycles. The first kappa shape index (κ1) is 7.42. The summed E-state index contributed by atoms with van der Waals surface area (Å²) in [6.07, 6.45) is 6.20. The molecule has 0 heterocycles. The summed E-state index contributed by atoms with van der Waals surface area (Å²) in [5.74, 6) is 1.01. The zero-order valence-electron chi connectivity index (χ0n) is 5.77. The lowest BCUT2D eigenvalue weighted by atomic mass is 10.1. The van der Waals surface area contributed by atoms with Crippen LogP contribution in [0.15, 0.2) is 0 Å². The molecular formula is C7H15NS. The van der Waals surface area contributed by atoms with E-state index in [4.69, 9.17) is 5.73 Å². The van der Waals surface area contributed by atoms with E-state index in [9.17, 15) is 0 Å². The lowest BCUT2D eigenvalue weighted by molar-refractivity contribution is 0.571. The van der Waals surface area contributed by atoms with Crippen LogP contribution >= 0.6 is 12.6 Å². The normalized spacial score (nSPS) is 22.0. The minimum absolute atomic E-state index is 0.267. The molecule has 0 aromatic carbocycles. The summed E-state index contributed by atoms with van der Waals surface area (Å²) in [4.78, 5) is 0. The zero-order chi connectivity index (χ0) is 6.74. The van der Waals surface area contributed by atoms with Crippen LogP contribution in [0.1, 0.15) is 32.1 Å². The summed E-state index contributed by atoms with van der Waals surface area (Å²) < 4.78 is 0. The Hall–Kier alpha value is 0.310. The third-order valence-corrected chi connectivity index (χ3v) is 2.29. The molecule has 2 heteroatoms. The Morgan fingerprint density at radius 3 is 2.44 bits per heavy atom. The van der Waals surface area contributed by atoms with Crippen molar-refractivity contribution in [1.82, 2.24) is 0 Å². The number of thiol groups is 1. The highest BCUT2D eigenvalue weighted by Gasteiger charge is 2.36. The van der Waals surface area contributed by atoms with Crippen molar-refractivity contribution in [2.45, 2.75) is 37.6 Å². The van der Waals surface area contributed by atoms with Crippen molar-refractivity contribution < 1.29 is 0 Å². The van der Waals surface area contributed by atoms with Crippen LogP contribution in [0.3, 0.4) is 0 Å². The summed E-state index contributed by atoms with van der Waals surface area (Å²) in [5, 5.41) is 0. The molecule has 54 valence electrons. The van der Waals surface area contributed by atoms with Gasteiger partial charge >= 0.3 is 0 Å². The molecule has 0 bridgehead atoms. The molecule has 1 nitrogen and oxygen atoms in total. The Balaban J connectivity index is 1.92. The molecule has 1 aliphatic carbocycles. The Labute approximate surface area is 62.4 Å². The lowest BCUT2D eigenvalue weighted by Gasteiger charge is -2.05. The van der Waals surface area contributed by atoms with E-state index in [1.54, 1.807) is 0 Å². The largest absolute Gasteiger partial charge is 0.325 e. The summed E-state index contributed by atoms with van der Waals surface area (Å²) in [6.45, 7) is 0. The first-order valence-corrected chi connectivity index (χ1v) is 4.30. The molecule has 2 N–H and O–H groups in total. The van der Waals surface area contributed by atoms with Gasteiger partial charge < -0.3 is 5.73 Å². The average molecular weight is 145 g/mol. The minimum Gasteiger partial charge on any atom is -0.325 e. The standard InChI is InChI=1S/C7H15NS/c8-7(4-5-7)3-1-2-6-9/h9H,1-6,8H2. The molecule has 9 heavy (non-hydrogen) atoms. The molecule has 0 unspecified atom stereocenters. The number of rotatable bonds is 4. The molecule has 0 spiro atoms. The van der Waals surface area contributed by atoms with Crippen LogP contribution in [-0.2, 0) is 0 Å². The van der Waals surface area contributed by atoms with Crippen molar-refractivity contribution in [1.29, 1.82) is 0 Å². The number of hydrogen-bond donors (Lipinski definition) is 2. The van der Waals surface area contributed by atoms with Crippen LogP contribution < -0.4 is 5.73 Å². The van der Waals surface area contributed by atoms with Crippen LogP contribution in [0.4, 0.5) is 0 Å². The van der Waals surface area contributed by atoms with Crippen molar-refractivity contribution in [3.8, 4) is 0 Å². The molecule has 0 radical (unpaired) electrons. The fraction of sp³-hybridized carbons (Fsp3) is 1.00. The number of unbranched alkanes of at least 4 members (excludes halogenated alkanes) is 1. The highest BCUT2D eigenvalue weighted by atomic mass is 32.1. The van der Waals surface area contributed by atoms with Gasteiger partial charge in [0, 0.05) is 5.54 Å². The molecule has 0 atom stereocenters. The van der Waals surface area contributed by atoms with E-state index in [-0.39, 0.29) is 5.54 Å². The Morgan fingerprint density at radius 1 is 1.33 bits per heavy atom. The SMILES string of the molecule is NC1(CCCCS)CC1. The topological polar surface area (TPSA) is 26.0 Å². The van der Waals surface area contributed by atoms with Crippen LogP contribution in [0.5, 0.6) is 0 Å². The van der Waals surface area contributed by atoms with Crippen LogP contribution in [0.25, 0.3) is 0 Å². The Morgan fingerprint density at radius 2 is 2.00 bits per heavy atom. The van der Waals surface area contributed by atoms with Gasteiger partial charge in [-0.2, -0.15) is 12.6 Å². The van der Waals surface area contributed by atoms with Gasteiger partial charge in [0.05, 0.1) is 0 Å².